The molecule has 6 rings (SSSR count). The molecule has 2 unspecified atom stereocenters. The molecule has 2 aromatic rings. The second-order valence-corrected chi connectivity index (χ2v) is 11.3. The van der Waals surface area contributed by atoms with E-state index in [-0.39, 0.29) is 18.1 Å². The average molecular weight is 557 g/mol. The Morgan fingerprint density at radius 2 is 1.95 bits per heavy atom. The predicted octanol–water partition coefficient (Wildman–Crippen LogP) is 3.09. The number of hydrogen-bond donors (Lipinski definition) is 2. The highest BCUT2D eigenvalue weighted by Gasteiger charge is 2.33. The van der Waals surface area contributed by atoms with Crippen LogP contribution in [0.3, 0.4) is 0 Å². The van der Waals surface area contributed by atoms with Gasteiger partial charge in [-0.3, -0.25) is 19.8 Å². The molecule has 10 heteroatoms. The Morgan fingerprint density at radius 3 is 2.71 bits per heavy atom. The van der Waals surface area contributed by atoms with Crippen LogP contribution in [0.15, 0.2) is 70.3 Å². The van der Waals surface area contributed by atoms with Gasteiger partial charge in [0.2, 0.25) is 5.91 Å². The molecule has 2 atom stereocenters. The fourth-order valence-corrected chi connectivity index (χ4v) is 6.57. The zero-order chi connectivity index (χ0) is 28.3. The first-order valence-electron chi connectivity index (χ1n) is 14.7. The van der Waals surface area contributed by atoms with E-state index in [9.17, 15) is 4.79 Å². The number of amides is 1. The van der Waals surface area contributed by atoms with Crippen molar-refractivity contribution in [1.82, 2.24) is 30.2 Å². The second-order valence-electron chi connectivity index (χ2n) is 11.3. The van der Waals surface area contributed by atoms with Gasteiger partial charge in [-0.15, -0.1) is 0 Å². The summed E-state index contributed by atoms with van der Waals surface area (Å²) in [5, 5.41) is 12.2. The van der Waals surface area contributed by atoms with Gasteiger partial charge >= 0.3 is 0 Å². The smallest absolute Gasteiger partial charge is 0.247 e. The third-order valence-electron chi connectivity index (χ3n) is 8.82. The first-order chi connectivity index (χ1) is 20.0. The number of carbonyl (C=O) groups excluding carboxylic acids is 1. The summed E-state index contributed by atoms with van der Waals surface area (Å²) in [6, 6.07) is 6.81. The van der Waals surface area contributed by atoms with Crippen molar-refractivity contribution in [3.8, 4) is 0 Å². The molecule has 1 aromatic carbocycles. The number of nitrogens with one attached hydrogen (secondary N) is 2. The summed E-state index contributed by atoms with van der Waals surface area (Å²) in [4.78, 5) is 26.8. The largest absolute Gasteiger partial charge is 0.499 e. The van der Waals surface area contributed by atoms with E-state index in [0.29, 0.717) is 18.9 Å². The Labute approximate surface area is 241 Å². The lowest BCUT2D eigenvalue weighted by atomic mass is 9.96. The van der Waals surface area contributed by atoms with Crippen LogP contribution in [0, 0.1) is 0 Å². The van der Waals surface area contributed by atoms with Gasteiger partial charge in [-0.1, -0.05) is 18.7 Å². The summed E-state index contributed by atoms with van der Waals surface area (Å²) in [6.07, 6.45) is 12.9. The van der Waals surface area contributed by atoms with Crippen LogP contribution in [0.25, 0.3) is 10.9 Å². The molecule has 2 N–H and O–H groups in total. The van der Waals surface area contributed by atoms with Crippen LogP contribution in [-0.2, 0) is 16.6 Å². The van der Waals surface area contributed by atoms with Crippen molar-refractivity contribution in [1.29, 1.82) is 0 Å². The van der Waals surface area contributed by atoms with E-state index in [4.69, 9.17) is 4.74 Å². The topological polar surface area (TPSA) is 99.4 Å². The van der Waals surface area contributed by atoms with Gasteiger partial charge in [-0.05, 0) is 56.5 Å². The molecule has 3 aliphatic heterocycles. The van der Waals surface area contributed by atoms with Crippen molar-refractivity contribution in [2.45, 2.75) is 56.8 Å². The van der Waals surface area contributed by atoms with Gasteiger partial charge in [0.15, 0.2) is 0 Å². The highest BCUT2D eigenvalue weighted by Crippen LogP contribution is 2.31. The van der Waals surface area contributed by atoms with Crippen LogP contribution >= 0.6 is 0 Å². The number of rotatable bonds is 8. The normalized spacial score (nSPS) is 24.0. The van der Waals surface area contributed by atoms with E-state index in [1.54, 1.807) is 13.4 Å². The molecule has 0 spiro atoms. The minimum Gasteiger partial charge on any atom is -0.499 e. The van der Waals surface area contributed by atoms with Crippen molar-refractivity contribution in [3.05, 3.63) is 65.8 Å². The lowest BCUT2D eigenvalue weighted by Crippen LogP contribution is -2.47. The van der Waals surface area contributed by atoms with Gasteiger partial charge in [0, 0.05) is 56.2 Å². The molecule has 2 saturated heterocycles. The number of piperidine rings is 1. The molecule has 216 valence electrons. The van der Waals surface area contributed by atoms with E-state index in [1.807, 2.05) is 17.9 Å². The van der Waals surface area contributed by atoms with Crippen LogP contribution in [-0.4, -0.2) is 89.1 Å². The Morgan fingerprint density at radius 1 is 1.15 bits per heavy atom. The summed E-state index contributed by atoms with van der Waals surface area (Å²) in [7, 11) is 3.66. The maximum Gasteiger partial charge on any atom is 0.247 e. The lowest BCUT2D eigenvalue weighted by Gasteiger charge is -2.40. The molecule has 1 aliphatic carbocycles. The van der Waals surface area contributed by atoms with Crippen LogP contribution < -0.4 is 10.6 Å². The van der Waals surface area contributed by atoms with Gasteiger partial charge in [0.1, 0.15) is 18.3 Å². The van der Waals surface area contributed by atoms with Crippen molar-refractivity contribution in [3.63, 3.8) is 0 Å². The first-order valence-corrected chi connectivity index (χ1v) is 14.7. The standard InChI is InChI=1S/C31H40N8O2/c1-4-31(40)36-25-16-26(29(41-3)18-28(25)39-13-9-23(10-14-39)38-11-5-6-12-38)35-30-17-24(32-20-33-30)21-7-8-22-19-34-37(2)27(22)15-21/h4,7-8,15,18-20,23,26,30,35H,1,5-6,9-14,16-17H2,2-3H3,(H,36,40). The van der Waals surface area contributed by atoms with Crippen LogP contribution in [0.4, 0.5) is 0 Å². The maximum atomic E-state index is 12.5. The third-order valence-corrected chi connectivity index (χ3v) is 8.82. The number of likely N-dealkylation sites (tertiary alicyclic amines) is 2. The quantitative estimate of drug-likeness (QED) is 0.485. The number of methoxy groups -OCH3 is 1. The maximum absolute atomic E-state index is 12.5. The second kappa shape index (κ2) is 12.0. The van der Waals surface area contributed by atoms with E-state index in [0.717, 1.165) is 65.3 Å². The summed E-state index contributed by atoms with van der Waals surface area (Å²) in [6.45, 7) is 8.05. The number of ether oxygens (including phenoxy) is 1. The number of aromatic nitrogens is 2. The van der Waals surface area contributed by atoms with E-state index < -0.39 is 0 Å². The minimum absolute atomic E-state index is 0.146. The molecular formula is C31H40N8O2. The van der Waals surface area contributed by atoms with E-state index in [1.165, 1.54) is 32.0 Å². The highest BCUT2D eigenvalue weighted by atomic mass is 16.5. The van der Waals surface area contributed by atoms with Gasteiger partial charge in [-0.25, -0.2) is 4.99 Å². The molecular weight excluding hydrogens is 516 g/mol. The molecule has 0 bridgehead atoms. The van der Waals surface area contributed by atoms with Crippen molar-refractivity contribution >= 4 is 28.9 Å². The number of hydrogen-bond acceptors (Lipinski definition) is 8. The van der Waals surface area contributed by atoms with Gasteiger partial charge in [-0.2, -0.15) is 5.10 Å². The molecule has 4 heterocycles. The molecule has 1 amide bonds. The Hall–Kier alpha value is -3.76. The third kappa shape index (κ3) is 5.85. The first kappa shape index (κ1) is 27.4. The molecule has 0 radical (unpaired) electrons. The van der Waals surface area contributed by atoms with Gasteiger partial charge in [0.05, 0.1) is 36.3 Å². The number of aliphatic imine (C=N–C) groups is 2. The zero-order valence-electron chi connectivity index (χ0n) is 24.1. The van der Waals surface area contributed by atoms with Crippen LogP contribution in [0.1, 0.15) is 44.1 Å². The molecule has 41 heavy (non-hydrogen) atoms. The van der Waals surface area contributed by atoms with Crippen molar-refractivity contribution in [2.75, 3.05) is 33.3 Å². The molecule has 10 nitrogen and oxygen atoms in total. The van der Waals surface area contributed by atoms with Crippen LogP contribution in [0.5, 0.6) is 0 Å². The molecule has 2 fully saturated rings. The van der Waals surface area contributed by atoms with E-state index in [2.05, 4.69) is 66.4 Å². The summed E-state index contributed by atoms with van der Waals surface area (Å²) < 4.78 is 7.79. The number of allylic oxidation sites excluding steroid dienone is 1. The Bertz CT molecular complexity index is 1420. The predicted molar refractivity (Wildman–Crippen MR) is 162 cm³/mol. The molecule has 1 aromatic heterocycles. The number of carbonyl (C=O) groups is 1. The monoisotopic (exact) mass is 556 g/mol. The molecule has 4 aliphatic rings. The highest BCUT2D eigenvalue weighted by molar-refractivity contribution is 6.07. The SMILES string of the molecule is C=CC(=O)NC1=C(N2CCC(N3CCCC3)CC2)C=C(OC)C(NC2CC(c3ccc4cnn(C)c4c3)=NC=N2)C1. The van der Waals surface area contributed by atoms with Gasteiger partial charge < -0.3 is 19.9 Å². The zero-order valence-corrected chi connectivity index (χ0v) is 24.1. The Kier molecular flexibility index (Phi) is 8.02. The fourth-order valence-electron chi connectivity index (χ4n) is 6.57. The van der Waals surface area contributed by atoms with Crippen LogP contribution in [0.2, 0.25) is 0 Å². The van der Waals surface area contributed by atoms with Gasteiger partial charge in [0.25, 0.3) is 0 Å². The summed E-state index contributed by atoms with van der Waals surface area (Å²) in [5.41, 5.74) is 5.02. The number of nitrogens with zero attached hydrogens (tertiary/aromatic N) is 6. The Balaban J connectivity index is 1.17. The number of benzene rings is 1. The minimum atomic E-state index is -0.201. The number of fused-ring (bicyclic) bond motifs is 1. The number of aryl methyl sites for hydroxylation is 1. The summed E-state index contributed by atoms with van der Waals surface area (Å²) in [5.74, 6) is 0.641. The van der Waals surface area contributed by atoms with Crippen molar-refractivity contribution < 1.29 is 9.53 Å². The molecule has 0 saturated carbocycles. The average Bonchev–Trinajstić information content (AvgIpc) is 3.68. The van der Waals surface area contributed by atoms with E-state index >= 15 is 0 Å². The lowest BCUT2D eigenvalue weighted by molar-refractivity contribution is -0.115. The fraction of sp³-hybridized carbons (Fsp3) is 0.484. The van der Waals surface area contributed by atoms with Crippen molar-refractivity contribution in [2.24, 2.45) is 17.0 Å². The summed E-state index contributed by atoms with van der Waals surface area (Å²) >= 11 is 0.